The van der Waals surface area contributed by atoms with E-state index in [-0.39, 0.29) is 29.8 Å². The molecule has 1 saturated carbocycles. The second kappa shape index (κ2) is 5.01. The van der Waals surface area contributed by atoms with Gasteiger partial charge in [0.15, 0.2) is 0 Å². The Balaban J connectivity index is 2.20. The molecule has 0 bridgehead atoms. The zero-order chi connectivity index (χ0) is 13.3. The molecular formula is C14H20N2O2. The predicted molar refractivity (Wildman–Crippen MR) is 68.4 cm³/mol. The predicted octanol–water partition coefficient (Wildman–Crippen LogP) is 0.771. The van der Waals surface area contributed by atoms with Gasteiger partial charge in [0.25, 0.3) is 0 Å². The number of nitrogens with zero attached hydrogens (tertiary/aromatic N) is 1. The van der Waals surface area contributed by atoms with Crippen LogP contribution in [0.3, 0.4) is 0 Å². The van der Waals surface area contributed by atoms with Crippen LogP contribution in [-0.2, 0) is 9.59 Å². The summed E-state index contributed by atoms with van der Waals surface area (Å²) in [4.78, 5) is 25.9. The second-order valence-corrected chi connectivity index (χ2v) is 5.52. The van der Waals surface area contributed by atoms with Gasteiger partial charge in [-0.25, -0.2) is 0 Å². The van der Waals surface area contributed by atoms with Crippen LogP contribution in [0.25, 0.3) is 0 Å². The van der Waals surface area contributed by atoms with Crippen LogP contribution in [0.1, 0.15) is 33.1 Å². The van der Waals surface area contributed by atoms with Gasteiger partial charge in [-0.1, -0.05) is 19.8 Å². The monoisotopic (exact) mass is 248 g/mol. The van der Waals surface area contributed by atoms with Gasteiger partial charge in [0, 0.05) is 13.0 Å². The molecule has 1 aliphatic carbocycles. The van der Waals surface area contributed by atoms with Crippen molar-refractivity contribution in [2.75, 3.05) is 6.54 Å². The Kier molecular flexibility index (Phi) is 3.60. The molecule has 4 heteroatoms. The van der Waals surface area contributed by atoms with Crippen LogP contribution in [0, 0.1) is 24.2 Å². The lowest BCUT2D eigenvalue weighted by atomic mass is 10.0. The summed E-state index contributed by atoms with van der Waals surface area (Å²) in [6.45, 7) is 4.44. The van der Waals surface area contributed by atoms with Gasteiger partial charge >= 0.3 is 0 Å². The van der Waals surface area contributed by atoms with Crippen molar-refractivity contribution in [3.8, 4) is 12.3 Å². The maximum absolute atomic E-state index is 12.5. The average molecular weight is 248 g/mol. The highest BCUT2D eigenvalue weighted by molar-refractivity contribution is 5.90. The standard InChI is InChI=1S/C14H20N2O2/c1-4-11(9(2)3)16-8-7-12(17)15-13(14(16)18)10-5-6-10/h1,9-11,13H,5-8H2,2-3H3,(H,15,17). The molecule has 0 spiro atoms. The number of carbonyl (C=O) groups excluding carboxylic acids is 2. The fraction of sp³-hybridized carbons (Fsp3) is 0.714. The van der Waals surface area contributed by atoms with Gasteiger partial charge < -0.3 is 10.2 Å². The highest BCUT2D eigenvalue weighted by atomic mass is 16.2. The first kappa shape index (κ1) is 12.9. The zero-order valence-corrected chi connectivity index (χ0v) is 11.0. The van der Waals surface area contributed by atoms with Crippen molar-refractivity contribution in [2.24, 2.45) is 11.8 Å². The minimum atomic E-state index is -0.352. The number of hydrogen-bond donors (Lipinski definition) is 1. The molecule has 2 unspecified atom stereocenters. The molecule has 1 saturated heterocycles. The van der Waals surface area contributed by atoms with E-state index in [4.69, 9.17) is 6.42 Å². The van der Waals surface area contributed by atoms with Crippen LogP contribution in [-0.4, -0.2) is 35.3 Å². The lowest BCUT2D eigenvalue weighted by molar-refractivity contribution is -0.135. The van der Waals surface area contributed by atoms with Crippen LogP contribution >= 0.6 is 0 Å². The van der Waals surface area contributed by atoms with E-state index < -0.39 is 0 Å². The molecule has 2 rings (SSSR count). The second-order valence-electron chi connectivity index (χ2n) is 5.52. The Labute approximate surface area is 108 Å². The van der Waals surface area contributed by atoms with Gasteiger partial charge in [-0.15, -0.1) is 6.42 Å². The molecule has 0 aromatic carbocycles. The molecule has 0 aromatic rings. The van der Waals surface area contributed by atoms with Crippen molar-refractivity contribution in [3.63, 3.8) is 0 Å². The van der Waals surface area contributed by atoms with Crippen molar-refractivity contribution >= 4 is 11.8 Å². The summed E-state index contributed by atoms with van der Waals surface area (Å²) in [6, 6.07) is -0.568. The van der Waals surface area contributed by atoms with E-state index in [0.717, 1.165) is 12.8 Å². The maximum Gasteiger partial charge on any atom is 0.246 e. The molecule has 2 atom stereocenters. The van der Waals surface area contributed by atoms with E-state index in [9.17, 15) is 9.59 Å². The van der Waals surface area contributed by atoms with Gasteiger partial charge in [0.1, 0.15) is 6.04 Å². The van der Waals surface area contributed by atoms with Crippen LogP contribution in [0.5, 0.6) is 0 Å². The van der Waals surface area contributed by atoms with Crippen molar-refractivity contribution in [3.05, 3.63) is 0 Å². The Morgan fingerprint density at radius 1 is 1.39 bits per heavy atom. The first-order valence-corrected chi connectivity index (χ1v) is 6.60. The molecule has 2 fully saturated rings. The molecule has 1 heterocycles. The van der Waals surface area contributed by atoms with Crippen LogP contribution < -0.4 is 5.32 Å². The molecule has 0 radical (unpaired) electrons. The van der Waals surface area contributed by atoms with Crippen LogP contribution in [0.4, 0.5) is 0 Å². The van der Waals surface area contributed by atoms with Gasteiger partial charge in [0.05, 0.1) is 6.04 Å². The SMILES string of the molecule is C#CC(C(C)C)N1CCC(=O)NC(C2CC2)C1=O. The quantitative estimate of drug-likeness (QED) is 0.750. The lowest BCUT2D eigenvalue weighted by Gasteiger charge is -2.31. The number of nitrogens with one attached hydrogen (secondary N) is 1. The number of hydrogen-bond acceptors (Lipinski definition) is 2. The van der Waals surface area contributed by atoms with Gasteiger partial charge in [-0.05, 0) is 24.7 Å². The highest BCUT2D eigenvalue weighted by Gasteiger charge is 2.42. The van der Waals surface area contributed by atoms with Crippen molar-refractivity contribution < 1.29 is 9.59 Å². The third-order valence-electron chi connectivity index (χ3n) is 3.68. The van der Waals surface area contributed by atoms with Gasteiger partial charge in [-0.3, -0.25) is 9.59 Å². The number of amides is 2. The number of rotatable bonds is 3. The smallest absolute Gasteiger partial charge is 0.246 e. The van der Waals surface area contributed by atoms with E-state index in [1.807, 2.05) is 13.8 Å². The molecule has 0 aromatic heterocycles. The number of terminal acetylenes is 1. The highest BCUT2D eigenvalue weighted by Crippen LogP contribution is 2.34. The fourth-order valence-corrected chi connectivity index (χ4v) is 2.49. The summed E-state index contributed by atoms with van der Waals surface area (Å²) in [6.07, 6.45) is 7.93. The topological polar surface area (TPSA) is 49.4 Å². The lowest BCUT2D eigenvalue weighted by Crippen LogP contribution is -2.50. The first-order valence-electron chi connectivity index (χ1n) is 6.60. The third kappa shape index (κ3) is 2.50. The first-order chi connectivity index (χ1) is 8.54. The summed E-state index contributed by atoms with van der Waals surface area (Å²) < 4.78 is 0. The molecule has 98 valence electrons. The Bertz CT molecular complexity index is 393. The minimum absolute atomic E-state index is 0.000000000000000222. The van der Waals surface area contributed by atoms with Crippen molar-refractivity contribution in [1.29, 1.82) is 0 Å². The summed E-state index contributed by atoms with van der Waals surface area (Å²) in [5, 5.41) is 2.84. The van der Waals surface area contributed by atoms with E-state index >= 15 is 0 Å². The van der Waals surface area contributed by atoms with Crippen LogP contribution in [0.15, 0.2) is 0 Å². The molecule has 2 aliphatic rings. The summed E-state index contributed by atoms with van der Waals surface area (Å²) in [5.74, 6) is 3.16. The Hall–Kier alpha value is -1.50. The fourth-order valence-electron chi connectivity index (χ4n) is 2.49. The summed E-state index contributed by atoms with van der Waals surface area (Å²) in [5.41, 5.74) is 0. The molecule has 4 nitrogen and oxygen atoms in total. The number of carbonyl (C=O) groups is 2. The van der Waals surface area contributed by atoms with E-state index in [2.05, 4.69) is 11.2 Å². The third-order valence-corrected chi connectivity index (χ3v) is 3.68. The van der Waals surface area contributed by atoms with E-state index in [0.29, 0.717) is 18.9 Å². The zero-order valence-electron chi connectivity index (χ0n) is 11.0. The van der Waals surface area contributed by atoms with E-state index in [1.165, 1.54) is 0 Å². The van der Waals surface area contributed by atoms with Crippen molar-refractivity contribution in [1.82, 2.24) is 10.2 Å². The van der Waals surface area contributed by atoms with Crippen LogP contribution in [0.2, 0.25) is 0 Å². The van der Waals surface area contributed by atoms with E-state index in [1.54, 1.807) is 4.90 Å². The molecule has 1 aliphatic heterocycles. The van der Waals surface area contributed by atoms with Gasteiger partial charge in [0.2, 0.25) is 11.8 Å². The minimum Gasteiger partial charge on any atom is -0.344 e. The van der Waals surface area contributed by atoms with Gasteiger partial charge in [-0.2, -0.15) is 0 Å². The molecule has 18 heavy (non-hydrogen) atoms. The Morgan fingerprint density at radius 2 is 2.06 bits per heavy atom. The maximum atomic E-state index is 12.5. The molecular weight excluding hydrogens is 228 g/mol. The largest absolute Gasteiger partial charge is 0.344 e. The van der Waals surface area contributed by atoms with Crippen molar-refractivity contribution in [2.45, 2.75) is 45.2 Å². The summed E-state index contributed by atoms with van der Waals surface area (Å²) in [7, 11) is 0. The molecule has 2 amide bonds. The Morgan fingerprint density at radius 3 is 2.56 bits per heavy atom. The average Bonchev–Trinajstić information content (AvgIpc) is 3.13. The molecule has 1 N–H and O–H groups in total. The summed E-state index contributed by atoms with van der Waals surface area (Å²) >= 11 is 0. The normalized spacial score (nSPS) is 26.6.